The standard InChI is InChI=1S/C20H22N2O3/c1-3-4-12-21-19(24)16-6-5-7-17(13-16)20(25)22-18-10-8-15(9-11-18)14(2)23/h5-11,13H,3-4,12H2,1-2H3,(H,21,24)(H,22,25). The minimum Gasteiger partial charge on any atom is -0.352 e. The van der Waals surface area contributed by atoms with E-state index in [1.54, 1.807) is 48.5 Å². The first-order valence-electron chi connectivity index (χ1n) is 8.32. The van der Waals surface area contributed by atoms with Gasteiger partial charge < -0.3 is 10.6 Å². The van der Waals surface area contributed by atoms with Gasteiger partial charge in [-0.3, -0.25) is 14.4 Å². The van der Waals surface area contributed by atoms with Crippen LogP contribution in [0.2, 0.25) is 0 Å². The summed E-state index contributed by atoms with van der Waals surface area (Å²) in [6, 6.07) is 13.3. The van der Waals surface area contributed by atoms with Gasteiger partial charge in [-0.1, -0.05) is 19.4 Å². The summed E-state index contributed by atoms with van der Waals surface area (Å²) in [6.45, 7) is 4.17. The molecular formula is C20H22N2O3. The molecule has 2 aromatic carbocycles. The number of unbranched alkanes of at least 4 members (excludes halogenated alkanes) is 1. The molecule has 0 aromatic heterocycles. The maximum absolute atomic E-state index is 12.4. The third-order valence-electron chi connectivity index (χ3n) is 3.75. The molecule has 0 saturated heterocycles. The van der Waals surface area contributed by atoms with Crippen LogP contribution in [0.5, 0.6) is 0 Å². The van der Waals surface area contributed by atoms with Crippen molar-refractivity contribution >= 4 is 23.3 Å². The van der Waals surface area contributed by atoms with Crippen molar-refractivity contribution < 1.29 is 14.4 Å². The minimum absolute atomic E-state index is 0.0281. The Morgan fingerprint density at radius 3 is 2.12 bits per heavy atom. The van der Waals surface area contributed by atoms with E-state index < -0.39 is 0 Å². The molecule has 0 aliphatic heterocycles. The minimum atomic E-state index is -0.307. The van der Waals surface area contributed by atoms with Gasteiger partial charge in [0.1, 0.15) is 0 Å². The molecular weight excluding hydrogens is 316 g/mol. The fourth-order valence-electron chi connectivity index (χ4n) is 2.27. The molecule has 2 rings (SSSR count). The predicted octanol–water partition coefficient (Wildman–Crippen LogP) is 3.67. The van der Waals surface area contributed by atoms with Crippen molar-refractivity contribution in [2.45, 2.75) is 26.7 Å². The normalized spacial score (nSPS) is 10.2. The summed E-state index contributed by atoms with van der Waals surface area (Å²) in [4.78, 5) is 35.7. The summed E-state index contributed by atoms with van der Waals surface area (Å²) in [7, 11) is 0. The van der Waals surface area contributed by atoms with E-state index in [1.165, 1.54) is 6.92 Å². The summed E-state index contributed by atoms with van der Waals surface area (Å²) < 4.78 is 0. The molecule has 2 amide bonds. The molecule has 5 nitrogen and oxygen atoms in total. The molecule has 0 spiro atoms. The molecule has 0 heterocycles. The molecule has 2 aromatic rings. The van der Waals surface area contributed by atoms with E-state index in [1.807, 2.05) is 0 Å². The topological polar surface area (TPSA) is 75.3 Å². The largest absolute Gasteiger partial charge is 0.352 e. The Kier molecular flexibility index (Phi) is 6.46. The smallest absolute Gasteiger partial charge is 0.255 e. The van der Waals surface area contributed by atoms with Crippen molar-refractivity contribution in [2.75, 3.05) is 11.9 Å². The zero-order valence-corrected chi connectivity index (χ0v) is 14.5. The molecule has 0 fully saturated rings. The molecule has 0 saturated carbocycles. The van der Waals surface area contributed by atoms with Crippen molar-refractivity contribution in [1.29, 1.82) is 0 Å². The second-order valence-electron chi connectivity index (χ2n) is 5.78. The number of hydrogen-bond donors (Lipinski definition) is 2. The lowest BCUT2D eigenvalue weighted by atomic mass is 10.1. The molecule has 25 heavy (non-hydrogen) atoms. The monoisotopic (exact) mass is 338 g/mol. The van der Waals surface area contributed by atoms with Gasteiger partial charge in [-0.05, 0) is 55.8 Å². The summed E-state index contributed by atoms with van der Waals surface area (Å²) >= 11 is 0. The van der Waals surface area contributed by atoms with Crippen LogP contribution in [0.15, 0.2) is 48.5 Å². The van der Waals surface area contributed by atoms with Crippen LogP contribution in [0, 0.1) is 0 Å². The highest BCUT2D eigenvalue weighted by Crippen LogP contribution is 2.13. The summed E-state index contributed by atoms with van der Waals surface area (Å²) in [6.07, 6.45) is 1.92. The average Bonchev–Trinajstić information content (AvgIpc) is 2.62. The van der Waals surface area contributed by atoms with Gasteiger partial charge in [0.25, 0.3) is 11.8 Å². The number of nitrogens with one attached hydrogen (secondary N) is 2. The molecule has 0 unspecified atom stereocenters. The maximum Gasteiger partial charge on any atom is 0.255 e. The summed E-state index contributed by atoms with van der Waals surface area (Å²) in [5.41, 5.74) is 2.03. The van der Waals surface area contributed by atoms with Crippen molar-refractivity contribution in [3.05, 3.63) is 65.2 Å². The van der Waals surface area contributed by atoms with Crippen molar-refractivity contribution in [3.63, 3.8) is 0 Å². The van der Waals surface area contributed by atoms with E-state index in [-0.39, 0.29) is 17.6 Å². The van der Waals surface area contributed by atoms with Crippen LogP contribution >= 0.6 is 0 Å². The lowest BCUT2D eigenvalue weighted by Gasteiger charge is -2.08. The maximum atomic E-state index is 12.4. The molecule has 5 heteroatoms. The first kappa shape index (κ1) is 18.4. The van der Waals surface area contributed by atoms with E-state index >= 15 is 0 Å². The van der Waals surface area contributed by atoms with Gasteiger partial charge in [-0.15, -0.1) is 0 Å². The number of benzene rings is 2. The van der Waals surface area contributed by atoms with E-state index in [2.05, 4.69) is 17.6 Å². The van der Waals surface area contributed by atoms with Crippen LogP contribution in [-0.2, 0) is 0 Å². The second kappa shape index (κ2) is 8.78. The van der Waals surface area contributed by atoms with Crippen LogP contribution in [0.1, 0.15) is 57.8 Å². The first-order valence-corrected chi connectivity index (χ1v) is 8.32. The fraction of sp³-hybridized carbons (Fsp3) is 0.250. The quantitative estimate of drug-likeness (QED) is 0.597. The Morgan fingerprint density at radius 2 is 1.52 bits per heavy atom. The number of Topliss-reactive ketones (excluding diaryl/α,β-unsaturated/α-hetero) is 1. The van der Waals surface area contributed by atoms with Gasteiger partial charge in [0.05, 0.1) is 0 Å². The van der Waals surface area contributed by atoms with Gasteiger partial charge in [0.2, 0.25) is 0 Å². The lowest BCUT2D eigenvalue weighted by Crippen LogP contribution is -2.24. The van der Waals surface area contributed by atoms with E-state index in [4.69, 9.17) is 0 Å². The number of carbonyl (C=O) groups excluding carboxylic acids is 3. The number of hydrogen-bond acceptors (Lipinski definition) is 3. The predicted molar refractivity (Wildman–Crippen MR) is 98.1 cm³/mol. The van der Waals surface area contributed by atoms with Crippen molar-refractivity contribution in [1.82, 2.24) is 5.32 Å². The Bertz CT molecular complexity index is 767. The SMILES string of the molecule is CCCCNC(=O)c1cccc(C(=O)Nc2ccc(C(C)=O)cc2)c1. The van der Waals surface area contributed by atoms with Gasteiger partial charge in [0.15, 0.2) is 5.78 Å². The highest BCUT2D eigenvalue weighted by Gasteiger charge is 2.11. The van der Waals surface area contributed by atoms with Gasteiger partial charge >= 0.3 is 0 Å². The molecule has 0 bridgehead atoms. The number of rotatable bonds is 7. The second-order valence-corrected chi connectivity index (χ2v) is 5.78. The van der Waals surface area contributed by atoms with Crippen molar-refractivity contribution in [3.8, 4) is 0 Å². The summed E-state index contributed by atoms with van der Waals surface area (Å²) in [5.74, 6) is -0.521. The Morgan fingerprint density at radius 1 is 0.880 bits per heavy atom. The first-order chi connectivity index (χ1) is 12.0. The van der Waals surface area contributed by atoms with E-state index in [0.29, 0.717) is 28.9 Å². The van der Waals surface area contributed by atoms with Crippen LogP contribution in [0.4, 0.5) is 5.69 Å². The molecule has 2 N–H and O–H groups in total. The molecule has 0 aliphatic carbocycles. The van der Waals surface area contributed by atoms with Crippen LogP contribution in [-0.4, -0.2) is 24.1 Å². The third-order valence-corrected chi connectivity index (χ3v) is 3.75. The zero-order chi connectivity index (χ0) is 18.2. The number of amides is 2. The van der Waals surface area contributed by atoms with Crippen LogP contribution in [0.3, 0.4) is 0 Å². The number of anilines is 1. The van der Waals surface area contributed by atoms with Gasteiger partial charge in [-0.2, -0.15) is 0 Å². The molecule has 0 aliphatic rings. The zero-order valence-electron chi connectivity index (χ0n) is 14.5. The van der Waals surface area contributed by atoms with Crippen LogP contribution < -0.4 is 10.6 Å². The molecule has 0 atom stereocenters. The summed E-state index contributed by atoms with van der Waals surface area (Å²) in [5, 5.41) is 5.59. The third kappa shape index (κ3) is 5.28. The highest BCUT2D eigenvalue weighted by molar-refractivity contribution is 6.06. The molecule has 0 radical (unpaired) electrons. The highest BCUT2D eigenvalue weighted by atomic mass is 16.2. The van der Waals surface area contributed by atoms with Crippen molar-refractivity contribution in [2.24, 2.45) is 0 Å². The van der Waals surface area contributed by atoms with Crippen LogP contribution in [0.25, 0.3) is 0 Å². The van der Waals surface area contributed by atoms with E-state index in [9.17, 15) is 14.4 Å². The lowest BCUT2D eigenvalue weighted by molar-refractivity contribution is 0.0952. The Balaban J connectivity index is 2.05. The number of ketones is 1. The Hall–Kier alpha value is -2.95. The fourth-order valence-corrected chi connectivity index (χ4v) is 2.27. The molecule has 130 valence electrons. The van der Waals surface area contributed by atoms with E-state index in [0.717, 1.165) is 12.8 Å². The Labute approximate surface area is 147 Å². The number of carbonyl (C=O) groups is 3. The van der Waals surface area contributed by atoms with Gasteiger partial charge in [-0.25, -0.2) is 0 Å². The van der Waals surface area contributed by atoms with Gasteiger partial charge in [0, 0.05) is 28.9 Å². The average molecular weight is 338 g/mol.